The number of aromatic amines is 2. The second-order valence-corrected chi connectivity index (χ2v) is 3.29. The normalized spacial score (nSPS) is 19.1. The highest BCUT2D eigenvalue weighted by Gasteiger charge is 2.29. The molecule has 0 bridgehead atoms. The lowest BCUT2D eigenvalue weighted by atomic mass is 10.0. The molecule has 0 saturated carbocycles. The first kappa shape index (κ1) is 9.44. The van der Waals surface area contributed by atoms with Crippen molar-refractivity contribution in [2.24, 2.45) is 0 Å². The summed E-state index contributed by atoms with van der Waals surface area (Å²) in [5, 5.41) is 13.2. The van der Waals surface area contributed by atoms with Crippen molar-refractivity contribution in [2.45, 2.75) is 12.5 Å². The van der Waals surface area contributed by atoms with Gasteiger partial charge in [0.1, 0.15) is 5.82 Å². The predicted octanol–water partition coefficient (Wildman–Crippen LogP) is -1.32. The summed E-state index contributed by atoms with van der Waals surface area (Å²) in [5.41, 5.74) is -0.971. The summed E-state index contributed by atoms with van der Waals surface area (Å²) >= 11 is 0. The van der Waals surface area contributed by atoms with Crippen LogP contribution in [0.15, 0.2) is 9.59 Å². The highest BCUT2D eigenvalue weighted by Crippen LogP contribution is 2.14. The van der Waals surface area contributed by atoms with Crippen molar-refractivity contribution < 1.29 is 4.92 Å². The van der Waals surface area contributed by atoms with Crippen LogP contribution in [-0.2, 0) is 6.42 Å². The van der Waals surface area contributed by atoms with Crippen LogP contribution in [0.4, 0.5) is 5.82 Å². The summed E-state index contributed by atoms with van der Waals surface area (Å²) in [6.07, 6.45) is 0.0292. The zero-order valence-corrected chi connectivity index (χ0v) is 7.57. The molecule has 1 aliphatic rings. The third-order valence-electron chi connectivity index (χ3n) is 2.29. The Labute approximate surface area is 82.5 Å². The van der Waals surface area contributed by atoms with Crippen LogP contribution in [0.3, 0.4) is 0 Å². The predicted molar refractivity (Wildman–Crippen MR) is 50.7 cm³/mol. The molecule has 0 aromatic carbocycles. The maximum absolute atomic E-state index is 11.3. The molecule has 0 spiro atoms. The standard InChI is InChI=1S/C7H8N4O4/c12-6-4-1-3(11(14)15)2-8-5(4)9-7(13)10-6/h3H,1-2H2,(H3,8,9,10,12,13)/t3-/m0/s1. The Balaban J connectivity index is 2.46. The molecule has 15 heavy (non-hydrogen) atoms. The van der Waals surface area contributed by atoms with Crippen LogP contribution in [0, 0.1) is 10.1 Å². The Bertz CT molecular complexity index is 516. The smallest absolute Gasteiger partial charge is 0.327 e. The van der Waals surface area contributed by atoms with E-state index in [1.54, 1.807) is 0 Å². The Hall–Kier alpha value is -2.12. The maximum atomic E-state index is 11.3. The number of hydrogen-bond donors (Lipinski definition) is 3. The van der Waals surface area contributed by atoms with Crippen LogP contribution in [0.1, 0.15) is 5.56 Å². The second kappa shape index (κ2) is 3.23. The Morgan fingerprint density at radius 3 is 2.73 bits per heavy atom. The molecule has 8 nitrogen and oxygen atoms in total. The fourth-order valence-electron chi connectivity index (χ4n) is 1.53. The van der Waals surface area contributed by atoms with E-state index >= 15 is 0 Å². The molecule has 1 aromatic rings. The van der Waals surface area contributed by atoms with E-state index < -0.39 is 22.2 Å². The largest absolute Gasteiger partial charge is 0.364 e. The Morgan fingerprint density at radius 1 is 1.33 bits per heavy atom. The number of aromatic nitrogens is 2. The minimum Gasteiger partial charge on any atom is -0.364 e. The fraction of sp³-hybridized carbons (Fsp3) is 0.429. The van der Waals surface area contributed by atoms with Crippen molar-refractivity contribution in [1.29, 1.82) is 0 Å². The average Bonchev–Trinajstić information content (AvgIpc) is 2.16. The van der Waals surface area contributed by atoms with Gasteiger partial charge in [-0.25, -0.2) is 4.79 Å². The number of H-pyrrole nitrogens is 2. The van der Waals surface area contributed by atoms with Crippen LogP contribution in [0.2, 0.25) is 0 Å². The number of rotatable bonds is 1. The quantitative estimate of drug-likeness (QED) is 0.393. The van der Waals surface area contributed by atoms with Gasteiger partial charge in [-0.1, -0.05) is 0 Å². The van der Waals surface area contributed by atoms with Gasteiger partial charge in [-0.15, -0.1) is 0 Å². The van der Waals surface area contributed by atoms with E-state index in [9.17, 15) is 19.7 Å². The highest BCUT2D eigenvalue weighted by molar-refractivity contribution is 5.44. The van der Waals surface area contributed by atoms with Crippen LogP contribution in [0.25, 0.3) is 0 Å². The molecule has 2 rings (SSSR count). The summed E-state index contributed by atoms with van der Waals surface area (Å²) in [6, 6.07) is -0.829. The number of nitrogens with zero attached hydrogens (tertiary/aromatic N) is 1. The minimum atomic E-state index is -0.829. The first-order chi connectivity index (χ1) is 7.08. The van der Waals surface area contributed by atoms with Crippen molar-refractivity contribution in [1.82, 2.24) is 9.97 Å². The number of nitrogens with one attached hydrogen (secondary N) is 3. The molecular weight excluding hydrogens is 204 g/mol. The lowest BCUT2D eigenvalue weighted by molar-refractivity contribution is -0.518. The fourth-order valence-corrected chi connectivity index (χ4v) is 1.53. The van der Waals surface area contributed by atoms with Crippen molar-refractivity contribution >= 4 is 5.82 Å². The molecule has 0 aliphatic carbocycles. The van der Waals surface area contributed by atoms with E-state index in [0.717, 1.165) is 0 Å². The van der Waals surface area contributed by atoms with Crippen molar-refractivity contribution in [3.05, 3.63) is 36.5 Å². The number of hydrogen-bond acceptors (Lipinski definition) is 5. The van der Waals surface area contributed by atoms with Crippen molar-refractivity contribution in [3.8, 4) is 0 Å². The maximum Gasteiger partial charge on any atom is 0.327 e. The number of anilines is 1. The molecular formula is C7H8N4O4. The molecule has 1 aromatic heterocycles. The number of nitro groups is 1. The van der Waals surface area contributed by atoms with Crippen LogP contribution < -0.4 is 16.6 Å². The van der Waals surface area contributed by atoms with Gasteiger partial charge in [-0.05, 0) is 0 Å². The summed E-state index contributed by atoms with van der Waals surface area (Å²) in [6.45, 7) is 0.111. The zero-order valence-electron chi connectivity index (χ0n) is 7.57. The summed E-state index contributed by atoms with van der Waals surface area (Å²) in [5.74, 6) is 0.279. The van der Waals surface area contributed by atoms with Gasteiger partial charge >= 0.3 is 5.69 Å². The molecule has 0 saturated heterocycles. The van der Waals surface area contributed by atoms with Crippen LogP contribution >= 0.6 is 0 Å². The van der Waals surface area contributed by atoms with E-state index in [2.05, 4.69) is 10.3 Å². The molecule has 80 valence electrons. The Kier molecular flexibility index (Phi) is 2.03. The molecule has 1 atom stereocenters. The minimum absolute atomic E-state index is 0.0292. The highest BCUT2D eigenvalue weighted by atomic mass is 16.6. The van der Waals surface area contributed by atoms with E-state index in [4.69, 9.17) is 0 Å². The first-order valence-electron chi connectivity index (χ1n) is 4.31. The van der Waals surface area contributed by atoms with Gasteiger partial charge in [0.2, 0.25) is 6.04 Å². The first-order valence-corrected chi connectivity index (χ1v) is 4.31. The molecule has 3 N–H and O–H groups in total. The van der Waals surface area contributed by atoms with E-state index in [1.807, 2.05) is 4.98 Å². The Morgan fingerprint density at radius 2 is 2.07 bits per heavy atom. The van der Waals surface area contributed by atoms with Gasteiger partial charge in [-0.2, -0.15) is 0 Å². The van der Waals surface area contributed by atoms with Gasteiger partial charge in [0.25, 0.3) is 5.56 Å². The summed E-state index contributed by atoms with van der Waals surface area (Å²) in [7, 11) is 0. The van der Waals surface area contributed by atoms with E-state index in [-0.39, 0.29) is 24.3 Å². The summed E-state index contributed by atoms with van der Waals surface area (Å²) < 4.78 is 0. The van der Waals surface area contributed by atoms with Gasteiger partial charge in [0.05, 0.1) is 18.5 Å². The second-order valence-electron chi connectivity index (χ2n) is 3.29. The molecule has 2 heterocycles. The number of fused-ring (bicyclic) bond motifs is 1. The third-order valence-corrected chi connectivity index (χ3v) is 2.29. The molecule has 0 unspecified atom stereocenters. The van der Waals surface area contributed by atoms with Gasteiger partial charge in [0.15, 0.2) is 0 Å². The van der Waals surface area contributed by atoms with Gasteiger partial charge < -0.3 is 5.32 Å². The molecule has 0 amide bonds. The van der Waals surface area contributed by atoms with Gasteiger partial charge in [0, 0.05) is 4.92 Å². The molecule has 0 fully saturated rings. The van der Waals surface area contributed by atoms with Crippen molar-refractivity contribution in [2.75, 3.05) is 11.9 Å². The molecule has 0 radical (unpaired) electrons. The monoisotopic (exact) mass is 212 g/mol. The van der Waals surface area contributed by atoms with E-state index in [0.29, 0.717) is 0 Å². The SMILES string of the molecule is O=c1[nH]c2c(c(=O)[nH]1)C[C@H]([N+](=O)[O-])CN2. The van der Waals surface area contributed by atoms with Crippen molar-refractivity contribution in [3.63, 3.8) is 0 Å². The summed E-state index contributed by atoms with van der Waals surface area (Å²) in [4.78, 5) is 36.7. The lowest BCUT2D eigenvalue weighted by Crippen LogP contribution is -2.40. The zero-order chi connectivity index (χ0) is 11.0. The molecule has 8 heteroatoms. The third kappa shape index (κ3) is 1.60. The average molecular weight is 212 g/mol. The lowest BCUT2D eigenvalue weighted by Gasteiger charge is -2.18. The van der Waals surface area contributed by atoms with Crippen LogP contribution in [-0.4, -0.2) is 27.5 Å². The van der Waals surface area contributed by atoms with Crippen LogP contribution in [0.5, 0.6) is 0 Å². The topological polar surface area (TPSA) is 121 Å². The van der Waals surface area contributed by atoms with Gasteiger partial charge in [-0.3, -0.25) is 24.9 Å². The van der Waals surface area contributed by atoms with E-state index in [1.165, 1.54) is 0 Å². The molecule has 1 aliphatic heterocycles.